The number of nitrogens with one attached hydrogen (secondary N) is 2. The smallest absolute Gasteiger partial charge is 0.259 e. The molecule has 0 aromatic carbocycles. The van der Waals surface area contributed by atoms with E-state index in [0.717, 1.165) is 44.7 Å². The van der Waals surface area contributed by atoms with E-state index in [1.54, 1.807) is 12.4 Å². The van der Waals surface area contributed by atoms with Crippen LogP contribution in [0.4, 0.5) is 5.82 Å². The van der Waals surface area contributed by atoms with Crippen molar-refractivity contribution in [1.82, 2.24) is 35.0 Å². The third kappa shape index (κ3) is 6.12. The molecule has 4 N–H and O–H groups in total. The number of rotatable bonds is 4. The zero-order valence-electron chi connectivity index (χ0n) is 24.6. The molecular formula is C30H47N9O. The van der Waals surface area contributed by atoms with E-state index in [2.05, 4.69) is 43.6 Å². The first-order valence-electron chi connectivity index (χ1n) is 15.3. The number of amides is 1. The van der Waals surface area contributed by atoms with Crippen LogP contribution in [0.25, 0.3) is 5.65 Å². The Balaban J connectivity index is 1.38. The van der Waals surface area contributed by atoms with Crippen molar-refractivity contribution in [3.8, 4) is 6.07 Å². The van der Waals surface area contributed by atoms with E-state index in [4.69, 9.17) is 5.73 Å². The van der Waals surface area contributed by atoms with E-state index in [1.807, 2.05) is 13.8 Å². The lowest BCUT2D eigenvalue weighted by atomic mass is 9.75. The van der Waals surface area contributed by atoms with Crippen LogP contribution in [0, 0.1) is 11.3 Å². The molecule has 2 unspecified atom stereocenters. The standard InChI is InChI=1S/C30H47N9O/c1-29(2,21-31)22-18-33-27-25(26(32)36-39(27)20-22)28(40)35-23-19-34-30(11-9-7-5-4-6-8-10-12-30)17-24(23)38-15-13-37(3)14-16-38/h18,20,23-24,34H,4-17,19H2,1-3H3,(H2,32,36)(H,35,40). The van der Waals surface area contributed by atoms with Gasteiger partial charge in [-0.15, -0.1) is 5.10 Å². The monoisotopic (exact) mass is 549 g/mol. The second kappa shape index (κ2) is 12.0. The summed E-state index contributed by atoms with van der Waals surface area (Å²) in [6.07, 6.45) is 16.1. The highest BCUT2D eigenvalue weighted by Gasteiger charge is 2.43. The normalized spacial score (nSPS) is 25.4. The molecule has 2 aromatic rings. The van der Waals surface area contributed by atoms with E-state index in [-0.39, 0.29) is 29.3 Å². The highest BCUT2D eigenvalue weighted by molar-refractivity contribution is 6.04. The van der Waals surface area contributed by atoms with Crippen molar-refractivity contribution < 1.29 is 4.79 Å². The Morgan fingerprint density at radius 3 is 2.42 bits per heavy atom. The maximum Gasteiger partial charge on any atom is 0.259 e. The molecule has 1 aliphatic carbocycles. The van der Waals surface area contributed by atoms with Gasteiger partial charge in [0.15, 0.2) is 11.5 Å². The van der Waals surface area contributed by atoms with Crippen molar-refractivity contribution in [3.63, 3.8) is 0 Å². The average Bonchev–Trinajstić information content (AvgIpc) is 3.29. The molecule has 218 valence electrons. The summed E-state index contributed by atoms with van der Waals surface area (Å²) in [6.45, 7) is 8.53. The Kier molecular flexibility index (Phi) is 8.64. The lowest BCUT2D eigenvalue weighted by Crippen LogP contribution is -2.68. The Morgan fingerprint density at radius 1 is 1.12 bits per heavy atom. The van der Waals surface area contributed by atoms with Crippen LogP contribution in [0.1, 0.15) is 94.0 Å². The number of hydrogen-bond acceptors (Lipinski definition) is 8. The SMILES string of the molecule is CN1CCN(C2CC3(CCCCCCCCC3)NCC2NC(=O)c2c(N)nn3cc(C(C)(C)C#N)cnc23)CC1. The Labute approximate surface area is 238 Å². The minimum absolute atomic E-state index is 0.0388. The van der Waals surface area contributed by atoms with E-state index < -0.39 is 5.41 Å². The number of carbonyl (C=O) groups is 1. The van der Waals surface area contributed by atoms with Crippen LogP contribution in [0.3, 0.4) is 0 Å². The predicted molar refractivity (Wildman–Crippen MR) is 157 cm³/mol. The van der Waals surface area contributed by atoms with E-state index >= 15 is 0 Å². The number of piperidine rings is 1. The molecule has 2 atom stereocenters. The average molecular weight is 550 g/mol. The van der Waals surface area contributed by atoms with Crippen LogP contribution >= 0.6 is 0 Å². The fourth-order valence-electron chi connectivity index (χ4n) is 6.88. The van der Waals surface area contributed by atoms with Gasteiger partial charge in [-0.2, -0.15) is 5.26 Å². The molecule has 40 heavy (non-hydrogen) atoms. The number of likely N-dealkylation sites (N-methyl/N-ethyl adjacent to an activating group) is 1. The van der Waals surface area contributed by atoms with Gasteiger partial charge < -0.3 is 21.3 Å². The van der Waals surface area contributed by atoms with Gasteiger partial charge in [0.2, 0.25) is 0 Å². The van der Waals surface area contributed by atoms with Crippen molar-refractivity contribution in [3.05, 3.63) is 23.5 Å². The van der Waals surface area contributed by atoms with Crippen molar-refractivity contribution >= 4 is 17.4 Å². The minimum atomic E-state index is -0.723. The van der Waals surface area contributed by atoms with Gasteiger partial charge >= 0.3 is 0 Å². The maximum absolute atomic E-state index is 13.8. The Hall–Kier alpha value is -2.74. The molecule has 4 heterocycles. The molecule has 1 amide bonds. The molecule has 0 radical (unpaired) electrons. The number of hydrogen-bond donors (Lipinski definition) is 3. The summed E-state index contributed by atoms with van der Waals surface area (Å²) in [5, 5.41) is 21.2. The molecule has 1 spiro atoms. The van der Waals surface area contributed by atoms with Gasteiger partial charge in [-0.25, -0.2) is 9.50 Å². The molecular weight excluding hydrogens is 502 g/mol. The molecule has 2 aliphatic heterocycles. The second-order valence-electron chi connectivity index (χ2n) is 12.9. The summed E-state index contributed by atoms with van der Waals surface area (Å²) in [4.78, 5) is 23.3. The number of nitriles is 1. The van der Waals surface area contributed by atoms with Crippen LogP contribution in [0.15, 0.2) is 12.4 Å². The Bertz CT molecular complexity index is 1210. The van der Waals surface area contributed by atoms with E-state index in [0.29, 0.717) is 11.2 Å². The van der Waals surface area contributed by atoms with Gasteiger partial charge in [0.1, 0.15) is 5.56 Å². The van der Waals surface area contributed by atoms with Gasteiger partial charge in [-0.3, -0.25) is 9.69 Å². The summed E-state index contributed by atoms with van der Waals surface area (Å²) in [5.41, 5.74) is 7.14. The number of fused-ring (bicyclic) bond motifs is 1. The van der Waals surface area contributed by atoms with Crippen molar-refractivity contribution in [2.75, 3.05) is 45.5 Å². The molecule has 0 bridgehead atoms. The molecule has 10 nitrogen and oxygen atoms in total. The highest BCUT2D eigenvalue weighted by atomic mass is 16.1. The van der Waals surface area contributed by atoms with Crippen LogP contribution < -0.4 is 16.4 Å². The zero-order valence-corrected chi connectivity index (χ0v) is 24.6. The van der Waals surface area contributed by atoms with Gasteiger partial charge in [-0.1, -0.05) is 44.9 Å². The summed E-state index contributed by atoms with van der Waals surface area (Å²) in [6, 6.07) is 2.52. The van der Waals surface area contributed by atoms with Crippen molar-refractivity contribution in [1.29, 1.82) is 5.26 Å². The topological polar surface area (TPSA) is 128 Å². The van der Waals surface area contributed by atoms with Gasteiger partial charge in [0.05, 0.1) is 17.5 Å². The lowest BCUT2D eigenvalue weighted by Gasteiger charge is -2.51. The number of nitrogen functional groups attached to an aromatic ring is 1. The number of aromatic nitrogens is 3. The van der Waals surface area contributed by atoms with E-state index in [1.165, 1.54) is 62.3 Å². The number of piperazine rings is 1. The number of carbonyl (C=O) groups excluding carboxylic acids is 1. The minimum Gasteiger partial charge on any atom is -0.381 e. The quantitative estimate of drug-likeness (QED) is 0.531. The first-order valence-corrected chi connectivity index (χ1v) is 15.3. The maximum atomic E-state index is 13.8. The van der Waals surface area contributed by atoms with Gasteiger partial charge in [-0.05, 0) is 40.2 Å². The summed E-state index contributed by atoms with van der Waals surface area (Å²) in [5.74, 6) is -0.0826. The largest absolute Gasteiger partial charge is 0.381 e. The van der Waals surface area contributed by atoms with Crippen LogP contribution in [0.5, 0.6) is 0 Å². The van der Waals surface area contributed by atoms with Crippen molar-refractivity contribution in [2.45, 2.75) is 101 Å². The van der Waals surface area contributed by atoms with Gasteiger partial charge in [0, 0.05) is 62.3 Å². The summed E-state index contributed by atoms with van der Waals surface area (Å²) in [7, 11) is 2.19. The molecule has 2 aromatic heterocycles. The summed E-state index contributed by atoms with van der Waals surface area (Å²) < 4.78 is 1.53. The first-order chi connectivity index (χ1) is 19.2. The number of anilines is 1. The number of nitrogens with two attached hydrogens (primary N) is 1. The van der Waals surface area contributed by atoms with E-state index in [9.17, 15) is 10.1 Å². The zero-order chi connectivity index (χ0) is 28.3. The fraction of sp³-hybridized carbons (Fsp3) is 0.733. The van der Waals surface area contributed by atoms with Gasteiger partial charge in [0.25, 0.3) is 5.91 Å². The van der Waals surface area contributed by atoms with Crippen LogP contribution in [-0.4, -0.2) is 87.7 Å². The highest BCUT2D eigenvalue weighted by Crippen LogP contribution is 2.35. The predicted octanol–water partition coefficient (Wildman–Crippen LogP) is 3.08. The third-order valence-corrected chi connectivity index (χ3v) is 9.62. The number of nitrogens with zero attached hydrogens (tertiary/aromatic N) is 6. The lowest BCUT2D eigenvalue weighted by molar-refractivity contribution is 0.0346. The fourth-order valence-corrected chi connectivity index (χ4v) is 6.88. The Morgan fingerprint density at radius 2 is 1.77 bits per heavy atom. The van der Waals surface area contributed by atoms with Crippen molar-refractivity contribution in [2.24, 2.45) is 0 Å². The first kappa shape index (κ1) is 28.8. The molecule has 3 aliphatic rings. The molecule has 2 saturated heterocycles. The molecule has 5 rings (SSSR count). The molecule has 3 fully saturated rings. The van der Waals surface area contributed by atoms with Crippen LogP contribution in [-0.2, 0) is 5.41 Å². The second-order valence-corrected chi connectivity index (χ2v) is 12.9. The van der Waals surface area contributed by atoms with Crippen LogP contribution in [0.2, 0.25) is 0 Å². The molecule has 1 saturated carbocycles. The summed E-state index contributed by atoms with van der Waals surface area (Å²) >= 11 is 0. The molecule has 10 heteroatoms. The third-order valence-electron chi connectivity index (χ3n) is 9.62.